The molecule has 0 aromatic heterocycles. The molecule has 2 saturated heterocycles. The lowest BCUT2D eigenvalue weighted by Crippen LogP contribution is -2.61. The molecule has 34 heavy (non-hydrogen) atoms. The van der Waals surface area contributed by atoms with Crippen LogP contribution in [0.4, 0.5) is 14.9 Å². The number of anilines is 1. The third-order valence-corrected chi connectivity index (χ3v) is 7.05. The molecule has 4 rings (SSSR count). The van der Waals surface area contributed by atoms with Crippen LogP contribution < -0.4 is 4.90 Å². The van der Waals surface area contributed by atoms with Crippen molar-refractivity contribution in [2.75, 3.05) is 58.3 Å². The van der Waals surface area contributed by atoms with Crippen LogP contribution >= 0.6 is 0 Å². The van der Waals surface area contributed by atoms with E-state index in [0.29, 0.717) is 18.1 Å². The zero-order valence-electron chi connectivity index (χ0n) is 20.5. The van der Waals surface area contributed by atoms with Gasteiger partial charge in [0.15, 0.2) is 0 Å². The highest BCUT2D eigenvalue weighted by Crippen LogP contribution is 2.22. The first kappa shape index (κ1) is 24.3. The Kier molecular flexibility index (Phi) is 7.60. The van der Waals surface area contributed by atoms with Crippen LogP contribution in [0.3, 0.4) is 0 Å². The number of carbonyl (C=O) groups excluding carboxylic acids is 2. The number of carbonyl (C=O) groups is 2. The average Bonchev–Trinajstić information content (AvgIpc) is 3.20. The lowest BCUT2D eigenvalue weighted by Gasteiger charge is -2.35. The van der Waals surface area contributed by atoms with Crippen LogP contribution in [-0.2, 0) is 4.79 Å². The molecule has 1 atom stereocenters. The molecule has 1 aromatic carbocycles. The van der Waals surface area contributed by atoms with Crippen molar-refractivity contribution in [3.05, 3.63) is 30.1 Å². The maximum Gasteiger partial charge on any atom is 0.333 e. The summed E-state index contributed by atoms with van der Waals surface area (Å²) >= 11 is 0. The quantitative estimate of drug-likeness (QED) is 0.410. The second-order valence-electron chi connectivity index (χ2n) is 9.35. The van der Waals surface area contributed by atoms with Gasteiger partial charge < -0.3 is 4.90 Å². The summed E-state index contributed by atoms with van der Waals surface area (Å²) in [5.41, 5.74) is 0.643. The fraction of sp³-hybridized carbons (Fsp3) is 0.600. The Balaban J connectivity index is 1.48. The van der Waals surface area contributed by atoms with Crippen molar-refractivity contribution in [2.45, 2.75) is 45.1 Å². The summed E-state index contributed by atoms with van der Waals surface area (Å²) in [6.07, 6.45) is 5.68. The van der Waals surface area contributed by atoms with Gasteiger partial charge in [-0.15, -0.1) is 0 Å². The van der Waals surface area contributed by atoms with E-state index >= 15 is 0 Å². The number of piperazine rings is 1. The Bertz CT molecular complexity index is 985. The molecule has 1 aromatic rings. The van der Waals surface area contributed by atoms with Crippen LogP contribution in [0, 0.1) is 5.82 Å². The number of amidine groups is 2. The number of para-hydroxylation sites is 1. The molecule has 0 N–H and O–H groups in total. The van der Waals surface area contributed by atoms with Crippen LogP contribution in [0.15, 0.2) is 29.3 Å². The summed E-state index contributed by atoms with van der Waals surface area (Å²) in [5, 5.41) is 0. The number of urea groups is 1. The summed E-state index contributed by atoms with van der Waals surface area (Å²) < 4.78 is 16.3. The summed E-state index contributed by atoms with van der Waals surface area (Å²) in [5.74, 6) is 0.968. The van der Waals surface area contributed by atoms with Crippen LogP contribution in [0.5, 0.6) is 0 Å². The van der Waals surface area contributed by atoms with E-state index in [1.807, 2.05) is 12.1 Å². The van der Waals surface area contributed by atoms with E-state index in [-0.39, 0.29) is 17.8 Å². The number of hydrogen-bond acceptors (Lipinski definition) is 5. The van der Waals surface area contributed by atoms with E-state index in [1.165, 1.54) is 42.2 Å². The molecule has 3 aliphatic heterocycles. The Morgan fingerprint density at radius 2 is 1.71 bits per heavy atom. The molecule has 3 aliphatic rings. The topological polar surface area (TPSA) is 62.5 Å². The number of likely N-dealkylation sites (N-methyl/N-ethyl adjacent to an activating group) is 2. The molecule has 0 radical (unpaired) electrons. The minimum atomic E-state index is -0.534. The number of hydrogen-bond donors (Lipinski definition) is 0. The summed E-state index contributed by atoms with van der Waals surface area (Å²) in [4.78, 5) is 37.4. The molecule has 8 nitrogen and oxygen atoms in total. The van der Waals surface area contributed by atoms with Gasteiger partial charge in [0.2, 0.25) is 0 Å². The molecular formula is C25H36FN6O2+. The fourth-order valence-electron chi connectivity index (χ4n) is 4.97. The van der Waals surface area contributed by atoms with Gasteiger partial charge >= 0.3 is 11.9 Å². The number of rotatable bonds is 9. The Morgan fingerprint density at radius 3 is 2.41 bits per heavy atom. The van der Waals surface area contributed by atoms with Crippen LogP contribution in [0.2, 0.25) is 0 Å². The van der Waals surface area contributed by atoms with Gasteiger partial charge in [-0.05, 0) is 30.0 Å². The lowest BCUT2D eigenvalue weighted by atomic mass is 10.1. The minimum Gasteiger partial charge on any atom is -0.367 e. The number of fused-ring (bicyclic) bond motifs is 1. The first-order valence-electron chi connectivity index (χ1n) is 12.4. The largest absolute Gasteiger partial charge is 0.367 e. The third-order valence-electron chi connectivity index (χ3n) is 7.05. The second-order valence-corrected chi connectivity index (χ2v) is 9.35. The maximum absolute atomic E-state index is 14.2. The predicted octanol–water partition coefficient (Wildman–Crippen LogP) is 2.63. The SMILES string of the molecule is CCCCCCC[N+]1=C(CN2CCN(c3ccccc3F)CC2)N=C2C1C(=O)N(C)C(=O)N2C. The molecule has 184 valence electrons. The zero-order chi connectivity index (χ0) is 24.2. The summed E-state index contributed by atoms with van der Waals surface area (Å²) in [6, 6.07) is 6.01. The van der Waals surface area contributed by atoms with Gasteiger partial charge in [-0.2, -0.15) is 0 Å². The van der Waals surface area contributed by atoms with Crippen molar-refractivity contribution in [3.8, 4) is 0 Å². The van der Waals surface area contributed by atoms with Gasteiger partial charge in [-0.25, -0.2) is 13.8 Å². The molecule has 0 aliphatic carbocycles. The van der Waals surface area contributed by atoms with E-state index in [2.05, 4.69) is 21.3 Å². The van der Waals surface area contributed by atoms with Crippen LogP contribution in [0.25, 0.3) is 0 Å². The van der Waals surface area contributed by atoms with E-state index in [4.69, 9.17) is 4.99 Å². The van der Waals surface area contributed by atoms with Gasteiger partial charge in [-0.3, -0.25) is 19.5 Å². The standard InChI is InChI=1S/C25H36FN6O2/c1-4-5-6-7-10-13-32-21(27-23-22(32)24(33)29(3)25(34)28(23)2)18-30-14-16-31(17-15-30)20-12-9-8-11-19(20)26/h8-9,11-12,22H,4-7,10,13-18H2,1-3H3/q+1. The zero-order valence-corrected chi connectivity index (χ0v) is 20.5. The van der Waals surface area contributed by atoms with E-state index in [0.717, 1.165) is 51.4 Å². The molecule has 3 heterocycles. The number of amides is 3. The summed E-state index contributed by atoms with van der Waals surface area (Å²) in [6.45, 7) is 6.56. The van der Waals surface area contributed by atoms with E-state index in [9.17, 15) is 14.0 Å². The molecule has 0 bridgehead atoms. The number of aliphatic imine (C=N–C) groups is 1. The monoisotopic (exact) mass is 471 g/mol. The number of imide groups is 1. The molecule has 3 amide bonds. The molecule has 0 saturated carbocycles. The number of benzene rings is 1. The van der Waals surface area contributed by atoms with Crippen molar-refractivity contribution in [1.29, 1.82) is 0 Å². The van der Waals surface area contributed by atoms with Crippen LogP contribution in [0.1, 0.15) is 39.0 Å². The molecule has 9 heteroatoms. The van der Waals surface area contributed by atoms with Crippen molar-refractivity contribution in [1.82, 2.24) is 14.7 Å². The van der Waals surface area contributed by atoms with Gasteiger partial charge in [0.25, 0.3) is 17.8 Å². The van der Waals surface area contributed by atoms with Gasteiger partial charge in [0.05, 0.1) is 12.2 Å². The normalized spacial score (nSPS) is 21.5. The Morgan fingerprint density at radius 1 is 1.00 bits per heavy atom. The Hall–Kier alpha value is -2.81. The average molecular weight is 472 g/mol. The first-order valence-corrected chi connectivity index (χ1v) is 12.4. The minimum absolute atomic E-state index is 0.193. The second kappa shape index (κ2) is 10.6. The maximum atomic E-state index is 14.2. The lowest BCUT2D eigenvalue weighted by molar-refractivity contribution is -0.537. The predicted molar refractivity (Wildman–Crippen MR) is 131 cm³/mol. The molecule has 2 fully saturated rings. The summed E-state index contributed by atoms with van der Waals surface area (Å²) in [7, 11) is 3.23. The van der Waals surface area contributed by atoms with E-state index < -0.39 is 6.04 Å². The van der Waals surface area contributed by atoms with Gasteiger partial charge in [0.1, 0.15) is 12.4 Å². The third kappa shape index (κ3) is 4.85. The van der Waals surface area contributed by atoms with Crippen molar-refractivity contribution in [3.63, 3.8) is 0 Å². The van der Waals surface area contributed by atoms with Gasteiger partial charge in [0, 0.05) is 40.3 Å². The van der Waals surface area contributed by atoms with Crippen molar-refractivity contribution < 1.29 is 18.6 Å². The highest BCUT2D eigenvalue weighted by atomic mass is 19.1. The highest BCUT2D eigenvalue weighted by molar-refractivity contribution is 6.23. The van der Waals surface area contributed by atoms with E-state index in [1.54, 1.807) is 13.1 Å². The number of unbranched alkanes of at least 4 members (excludes halogenated alkanes) is 4. The highest BCUT2D eigenvalue weighted by Gasteiger charge is 2.52. The smallest absolute Gasteiger partial charge is 0.333 e. The molecular weight excluding hydrogens is 435 g/mol. The molecule has 0 spiro atoms. The number of halogens is 1. The first-order chi connectivity index (χ1) is 16.4. The van der Waals surface area contributed by atoms with Crippen molar-refractivity contribution >= 4 is 29.3 Å². The molecule has 1 unspecified atom stereocenters. The fourth-order valence-corrected chi connectivity index (χ4v) is 4.97. The number of nitrogens with zero attached hydrogens (tertiary/aromatic N) is 6. The van der Waals surface area contributed by atoms with Crippen LogP contribution in [-0.4, -0.2) is 102 Å². The Labute approximate surface area is 201 Å². The van der Waals surface area contributed by atoms with Crippen molar-refractivity contribution in [2.24, 2.45) is 4.99 Å². The van der Waals surface area contributed by atoms with Gasteiger partial charge in [-0.1, -0.05) is 38.3 Å².